The van der Waals surface area contributed by atoms with Crippen molar-refractivity contribution in [3.63, 3.8) is 0 Å². The van der Waals surface area contributed by atoms with E-state index in [4.69, 9.17) is 14.7 Å². The van der Waals surface area contributed by atoms with Crippen molar-refractivity contribution in [3.05, 3.63) is 46.9 Å². The fourth-order valence-corrected chi connectivity index (χ4v) is 5.44. The van der Waals surface area contributed by atoms with Crippen LogP contribution in [0.1, 0.15) is 67.6 Å². The molecule has 1 N–H and O–H groups in total. The van der Waals surface area contributed by atoms with Gasteiger partial charge in [-0.25, -0.2) is 9.97 Å². The van der Waals surface area contributed by atoms with Gasteiger partial charge in [0.15, 0.2) is 0 Å². The molecule has 0 radical (unpaired) electrons. The normalized spacial score (nSPS) is 21.3. The molecular formula is C26H35N5O2. The molecule has 0 bridgehead atoms. The average Bonchev–Trinajstić information content (AvgIpc) is 3.51. The number of fused-ring (bicyclic) bond motifs is 1. The Morgan fingerprint density at radius 2 is 2.03 bits per heavy atom. The van der Waals surface area contributed by atoms with E-state index >= 15 is 0 Å². The average molecular weight is 450 g/mol. The third-order valence-electron chi connectivity index (χ3n) is 7.30. The van der Waals surface area contributed by atoms with Gasteiger partial charge < -0.3 is 15.0 Å². The fraction of sp³-hybridized carbons (Fsp3) is 0.577. The van der Waals surface area contributed by atoms with Crippen LogP contribution in [0.25, 0.3) is 0 Å². The Morgan fingerprint density at radius 3 is 2.79 bits per heavy atom. The van der Waals surface area contributed by atoms with E-state index in [1.807, 2.05) is 11.9 Å². The lowest BCUT2D eigenvalue weighted by atomic mass is 10.0. The molecule has 3 aliphatic rings. The first-order valence-electron chi connectivity index (χ1n) is 12.4. The van der Waals surface area contributed by atoms with Crippen LogP contribution in [0, 0.1) is 0 Å². The maximum atomic E-state index is 11.7. The van der Waals surface area contributed by atoms with Gasteiger partial charge in [0, 0.05) is 64.6 Å². The number of benzene rings is 1. The summed E-state index contributed by atoms with van der Waals surface area (Å²) in [6.07, 6.45) is 7.16. The van der Waals surface area contributed by atoms with E-state index in [0.717, 1.165) is 68.7 Å². The van der Waals surface area contributed by atoms with Gasteiger partial charge in [-0.2, -0.15) is 0 Å². The van der Waals surface area contributed by atoms with Gasteiger partial charge in [-0.15, -0.1) is 0 Å². The summed E-state index contributed by atoms with van der Waals surface area (Å²) in [5.74, 6) is 3.17. The van der Waals surface area contributed by atoms with Crippen molar-refractivity contribution < 1.29 is 9.53 Å². The third-order valence-corrected chi connectivity index (χ3v) is 7.30. The number of ether oxygens (including phenoxy) is 1. The molecule has 7 heteroatoms. The Bertz CT molecular complexity index is 987. The first-order valence-corrected chi connectivity index (χ1v) is 12.4. The summed E-state index contributed by atoms with van der Waals surface area (Å²) >= 11 is 0. The molecule has 1 aromatic heterocycles. The Balaban J connectivity index is 1.27. The molecule has 0 spiro atoms. The molecule has 5 rings (SSSR count). The number of hydrogen-bond acceptors (Lipinski definition) is 6. The minimum absolute atomic E-state index is 0.137. The lowest BCUT2D eigenvalue weighted by Crippen LogP contribution is -2.32. The zero-order valence-corrected chi connectivity index (χ0v) is 19.8. The molecule has 1 atom stereocenters. The van der Waals surface area contributed by atoms with E-state index in [-0.39, 0.29) is 11.8 Å². The van der Waals surface area contributed by atoms with Crippen LogP contribution in [0.15, 0.2) is 24.3 Å². The number of rotatable bonds is 6. The maximum Gasteiger partial charge on any atom is 0.219 e. The highest BCUT2D eigenvalue weighted by Crippen LogP contribution is 2.31. The van der Waals surface area contributed by atoms with Gasteiger partial charge in [-0.1, -0.05) is 12.1 Å². The van der Waals surface area contributed by atoms with Gasteiger partial charge in [0.05, 0.1) is 11.8 Å². The number of hydrogen-bond donors (Lipinski definition) is 1. The van der Waals surface area contributed by atoms with E-state index in [1.165, 1.54) is 36.8 Å². The highest BCUT2D eigenvalue weighted by atomic mass is 16.5. The number of nitrogens with one attached hydrogen (secondary N) is 1. The third kappa shape index (κ3) is 4.98. The summed E-state index contributed by atoms with van der Waals surface area (Å²) in [5.41, 5.74) is 3.64. The molecule has 1 aliphatic carbocycles. The Labute approximate surface area is 196 Å². The topological polar surface area (TPSA) is 70.6 Å². The maximum absolute atomic E-state index is 11.7. The lowest BCUT2D eigenvalue weighted by molar-refractivity contribution is -0.127. The van der Waals surface area contributed by atoms with E-state index in [0.29, 0.717) is 6.10 Å². The molecule has 1 aromatic carbocycles. The van der Waals surface area contributed by atoms with Crippen LogP contribution in [0.4, 0.5) is 5.82 Å². The number of carbonyl (C=O) groups excluding carboxylic acids is 1. The molecule has 0 unspecified atom stereocenters. The number of amides is 1. The fourth-order valence-electron chi connectivity index (χ4n) is 5.44. The summed E-state index contributed by atoms with van der Waals surface area (Å²) < 4.78 is 6.21. The molecule has 2 fully saturated rings. The molecule has 2 aromatic rings. The predicted octanol–water partition coefficient (Wildman–Crippen LogP) is 3.73. The highest BCUT2D eigenvalue weighted by molar-refractivity contribution is 5.73. The first-order chi connectivity index (χ1) is 16.1. The van der Waals surface area contributed by atoms with Gasteiger partial charge >= 0.3 is 0 Å². The summed E-state index contributed by atoms with van der Waals surface area (Å²) in [7, 11) is 1.94. The second-order valence-electron chi connectivity index (χ2n) is 9.69. The van der Waals surface area contributed by atoms with Crippen molar-refractivity contribution in [1.82, 2.24) is 19.8 Å². The van der Waals surface area contributed by atoms with Crippen LogP contribution in [0.3, 0.4) is 0 Å². The summed E-state index contributed by atoms with van der Waals surface area (Å²) in [6.45, 7) is 5.87. The van der Waals surface area contributed by atoms with E-state index < -0.39 is 0 Å². The van der Waals surface area contributed by atoms with Gasteiger partial charge in [0.2, 0.25) is 5.91 Å². The van der Waals surface area contributed by atoms with E-state index in [1.54, 1.807) is 6.92 Å². The van der Waals surface area contributed by atoms with Crippen LogP contribution in [0.2, 0.25) is 0 Å². The SMILES string of the molecule is CNc1nc([C@@H]2CCN(C(C)=O)C2)nc2c1CN(Cc1cccc(OC3CCCC3)c1)CC2. The second-order valence-corrected chi connectivity index (χ2v) is 9.69. The van der Waals surface area contributed by atoms with Crippen molar-refractivity contribution in [2.24, 2.45) is 0 Å². The van der Waals surface area contributed by atoms with Crippen LogP contribution in [0.5, 0.6) is 5.75 Å². The minimum Gasteiger partial charge on any atom is -0.490 e. The molecule has 1 amide bonds. The smallest absolute Gasteiger partial charge is 0.219 e. The summed E-state index contributed by atoms with van der Waals surface area (Å²) in [5, 5.41) is 3.31. The predicted molar refractivity (Wildman–Crippen MR) is 128 cm³/mol. The van der Waals surface area contributed by atoms with Crippen molar-refractivity contribution in [2.75, 3.05) is 32.0 Å². The number of anilines is 1. The van der Waals surface area contributed by atoms with Crippen molar-refractivity contribution in [2.45, 2.75) is 70.6 Å². The second kappa shape index (κ2) is 9.67. The number of nitrogens with zero attached hydrogens (tertiary/aromatic N) is 4. The van der Waals surface area contributed by atoms with Crippen molar-refractivity contribution >= 4 is 11.7 Å². The van der Waals surface area contributed by atoms with Crippen LogP contribution < -0.4 is 10.1 Å². The Hall–Kier alpha value is -2.67. The molecule has 176 valence electrons. The molecule has 33 heavy (non-hydrogen) atoms. The molecule has 1 saturated carbocycles. The van der Waals surface area contributed by atoms with Crippen LogP contribution in [-0.4, -0.2) is 58.5 Å². The standard InChI is InChI=1S/C26H35N5O2/c1-18(32)31-13-10-20(16-31)25-28-24-11-12-30(17-23(24)26(27-2)29-25)15-19-6-5-9-22(14-19)33-21-7-3-4-8-21/h5-6,9,14,20-21H,3-4,7-8,10-13,15-17H2,1-2H3,(H,27,28,29)/t20-/m1/s1. The van der Waals surface area contributed by atoms with Gasteiger partial charge in [-0.05, 0) is 49.8 Å². The van der Waals surface area contributed by atoms with Gasteiger partial charge in [-0.3, -0.25) is 9.69 Å². The summed E-state index contributed by atoms with van der Waals surface area (Å²) in [4.78, 5) is 26.0. The monoisotopic (exact) mass is 449 g/mol. The summed E-state index contributed by atoms with van der Waals surface area (Å²) in [6, 6.07) is 8.58. The van der Waals surface area contributed by atoms with Crippen LogP contribution >= 0.6 is 0 Å². The zero-order chi connectivity index (χ0) is 22.8. The Morgan fingerprint density at radius 1 is 1.18 bits per heavy atom. The van der Waals surface area contributed by atoms with E-state index in [2.05, 4.69) is 34.5 Å². The molecular weight excluding hydrogens is 414 g/mol. The molecule has 7 nitrogen and oxygen atoms in total. The molecule has 1 saturated heterocycles. The van der Waals surface area contributed by atoms with Crippen LogP contribution in [-0.2, 0) is 24.3 Å². The molecule has 3 heterocycles. The van der Waals surface area contributed by atoms with Gasteiger partial charge in [0.1, 0.15) is 17.4 Å². The minimum atomic E-state index is 0.137. The zero-order valence-electron chi connectivity index (χ0n) is 19.8. The number of aromatic nitrogens is 2. The van der Waals surface area contributed by atoms with Crippen molar-refractivity contribution in [1.29, 1.82) is 0 Å². The quantitative estimate of drug-likeness (QED) is 0.725. The molecule has 2 aliphatic heterocycles. The number of carbonyl (C=O) groups is 1. The van der Waals surface area contributed by atoms with E-state index in [9.17, 15) is 4.79 Å². The first kappa shape index (κ1) is 22.1. The largest absolute Gasteiger partial charge is 0.490 e. The van der Waals surface area contributed by atoms with Crippen molar-refractivity contribution in [3.8, 4) is 5.75 Å². The lowest BCUT2D eigenvalue weighted by Gasteiger charge is -2.30. The highest BCUT2D eigenvalue weighted by Gasteiger charge is 2.30. The van der Waals surface area contributed by atoms with Gasteiger partial charge in [0.25, 0.3) is 0 Å². The number of likely N-dealkylation sites (tertiary alicyclic amines) is 1. The Kier molecular flexibility index (Phi) is 6.49.